The van der Waals surface area contributed by atoms with Gasteiger partial charge < -0.3 is 11.1 Å². The van der Waals surface area contributed by atoms with Crippen LogP contribution >= 0.6 is 11.6 Å². The van der Waals surface area contributed by atoms with Crippen LogP contribution in [0.5, 0.6) is 0 Å². The average molecular weight is 269 g/mol. The highest BCUT2D eigenvalue weighted by Gasteiger charge is 2.21. The van der Waals surface area contributed by atoms with Gasteiger partial charge in [0.1, 0.15) is 0 Å². The second-order valence-corrected chi connectivity index (χ2v) is 5.54. The van der Waals surface area contributed by atoms with E-state index < -0.39 is 0 Å². The third-order valence-corrected chi connectivity index (χ3v) is 3.96. The topological polar surface area (TPSA) is 63.8 Å². The number of nitrogens with one attached hydrogen (secondary N) is 1. The molecule has 100 valence electrons. The van der Waals surface area contributed by atoms with Gasteiger partial charge in [-0.25, -0.2) is 4.98 Å². The summed E-state index contributed by atoms with van der Waals surface area (Å²) in [6, 6.07) is 0.431. The molecule has 2 atom stereocenters. The van der Waals surface area contributed by atoms with E-state index in [2.05, 4.69) is 22.2 Å². The van der Waals surface area contributed by atoms with Crippen LogP contribution in [0.15, 0.2) is 0 Å². The highest BCUT2D eigenvalue weighted by molar-refractivity contribution is 6.28. The van der Waals surface area contributed by atoms with Crippen molar-refractivity contribution in [3.8, 4) is 0 Å². The second-order valence-electron chi connectivity index (χ2n) is 5.21. The van der Waals surface area contributed by atoms with Gasteiger partial charge in [0.2, 0.25) is 5.28 Å². The summed E-state index contributed by atoms with van der Waals surface area (Å²) in [5.41, 5.74) is 7.35. The van der Waals surface area contributed by atoms with E-state index in [9.17, 15) is 0 Å². The minimum Gasteiger partial charge on any atom is -0.394 e. The number of nitrogens with two attached hydrogens (primary N) is 1. The Kier molecular flexibility index (Phi) is 4.27. The van der Waals surface area contributed by atoms with E-state index >= 15 is 0 Å². The predicted octanol–water partition coefficient (Wildman–Crippen LogP) is 3.40. The van der Waals surface area contributed by atoms with Crippen molar-refractivity contribution in [2.24, 2.45) is 5.92 Å². The average Bonchev–Trinajstić information content (AvgIpc) is 2.51. The van der Waals surface area contributed by atoms with Gasteiger partial charge in [0.25, 0.3) is 0 Å². The van der Waals surface area contributed by atoms with E-state index in [1.807, 2.05) is 6.92 Å². The highest BCUT2D eigenvalue weighted by Crippen LogP contribution is 2.28. The number of aryl methyl sites for hydroxylation is 1. The quantitative estimate of drug-likeness (QED) is 0.637. The lowest BCUT2D eigenvalue weighted by Gasteiger charge is -2.24. The van der Waals surface area contributed by atoms with Crippen LogP contribution in [-0.2, 0) is 0 Å². The zero-order valence-corrected chi connectivity index (χ0v) is 11.8. The molecule has 2 rings (SSSR count). The van der Waals surface area contributed by atoms with Crippen molar-refractivity contribution < 1.29 is 0 Å². The molecule has 0 amide bonds. The van der Waals surface area contributed by atoms with Crippen molar-refractivity contribution >= 4 is 23.1 Å². The van der Waals surface area contributed by atoms with Crippen molar-refractivity contribution in [1.29, 1.82) is 0 Å². The first-order valence-electron chi connectivity index (χ1n) is 6.64. The summed E-state index contributed by atoms with van der Waals surface area (Å²) in [5, 5.41) is 3.72. The predicted molar refractivity (Wildman–Crippen MR) is 75.9 cm³/mol. The first kappa shape index (κ1) is 13.4. The van der Waals surface area contributed by atoms with Gasteiger partial charge in [-0.1, -0.05) is 26.2 Å². The number of hydrogen-bond acceptors (Lipinski definition) is 4. The number of hydrogen-bond donors (Lipinski definition) is 2. The molecular weight excluding hydrogens is 248 g/mol. The molecule has 1 aliphatic rings. The Hall–Kier alpha value is -1.03. The third kappa shape index (κ3) is 3.05. The molecule has 0 saturated heterocycles. The lowest BCUT2D eigenvalue weighted by atomic mass is 9.97. The number of nitrogen functional groups attached to an aromatic ring is 1. The van der Waals surface area contributed by atoms with Gasteiger partial charge in [-0.3, -0.25) is 0 Å². The number of aromatic nitrogens is 2. The summed E-state index contributed by atoms with van der Waals surface area (Å²) in [6.07, 6.45) is 6.33. The molecule has 1 fully saturated rings. The normalized spacial score (nSPS) is 24.6. The number of nitrogens with zero attached hydrogens (tertiary/aromatic N) is 2. The molecule has 1 aromatic heterocycles. The van der Waals surface area contributed by atoms with E-state index in [0.717, 1.165) is 5.69 Å². The zero-order chi connectivity index (χ0) is 13.1. The Bertz CT molecular complexity index is 422. The molecule has 1 saturated carbocycles. The van der Waals surface area contributed by atoms with Crippen molar-refractivity contribution in [3.05, 3.63) is 11.0 Å². The summed E-state index contributed by atoms with van der Waals surface area (Å²) in [6.45, 7) is 4.14. The fourth-order valence-electron chi connectivity index (χ4n) is 2.54. The SMILES string of the molecule is Cc1nc(Cl)nc(NC2CCCCCC2C)c1N. The fourth-order valence-corrected chi connectivity index (χ4v) is 2.75. The molecule has 18 heavy (non-hydrogen) atoms. The molecule has 4 nitrogen and oxygen atoms in total. The molecule has 0 spiro atoms. The summed E-state index contributed by atoms with van der Waals surface area (Å²) in [4.78, 5) is 8.26. The van der Waals surface area contributed by atoms with Crippen LogP contribution in [-0.4, -0.2) is 16.0 Å². The Balaban J connectivity index is 2.17. The first-order valence-corrected chi connectivity index (χ1v) is 7.02. The van der Waals surface area contributed by atoms with Crippen molar-refractivity contribution in [1.82, 2.24) is 9.97 Å². The maximum Gasteiger partial charge on any atom is 0.224 e. The third-order valence-electron chi connectivity index (χ3n) is 3.79. The first-order chi connectivity index (χ1) is 8.58. The van der Waals surface area contributed by atoms with Crippen LogP contribution in [0.3, 0.4) is 0 Å². The van der Waals surface area contributed by atoms with Gasteiger partial charge in [-0.05, 0) is 37.3 Å². The molecule has 0 aromatic carbocycles. The number of halogens is 1. The fraction of sp³-hybridized carbons (Fsp3) is 0.692. The van der Waals surface area contributed by atoms with E-state index in [-0.39, 0.29) is 5.28 Å². The van der Waals surface area contributed by atoms with Crippen molar-refractivity contribution in [3.63, 3.8) is 0 Å². The van der Waals surface area contributed by atoms with E-state index in [0.29, 0.717) is 23.5 Å². The molecule has 1 aromatic rings. The lowest BCUT2D eigenvalue weighted by Crippen LogP contribution is -2.27. The molecule has 1 aliphatic carbocycles. The summed E-state index contributed by atoms with van der Waals surface area (Å²) < 4.78 is 0. The summed E-state index contributed by atoms with van der Waals surface area (Å²) in [5.74, 6) is 1.33. The molecule has 3 N–H and O–H groups in total. The molecule has 0 bridgehead atoms. The molecule has 1 heterocycles. The maximum absolute atomic E-state index is 6.01. The van der Waals surface area contributed by atoms with E-state index in [4.69, 9.17) is 17.3 Å². The molecule has 0 radical (unpaired) electrons. The number of anilines is 2. The van der Waals surface area contributed by atoms with Crippen LogP contribution in [0.4, 0.5) is 11.5 Å². The maximum atomic E-state index is 6.01. The Morgan fingerprint density at radius 3 is 2.72 bits per heavy atom. The Morgan fingerprint density at radius 1 is 1.22 bits per heavy atom. The summed E-state index contributed by atoms with van der Waals surface area (Å²) >= 11 is 5.89. The minimum atomic E-state index is 0.255. The summed E-state index contributed by atoms with van der Waals surface area (Å²) in [7, 11) is 0. The van der Waals surface area contributed by atoms with Crippen molar-refractivity contribution in [2.75, 3.05) is 11.1 Å². The Labute approximate surface area is 113 Å². The standard InChI is InChI=1S/C13H21ClN4/c1-8-6-4-3-5-7-10(8)17-12-11(15)9(2)16-13(14)18-12/h8,10H,3-7,15H2,1-2H3,(H,16,17,18). The molecular formula is C13H21ClN4. The van der Waals surface area contributed by atoms with Gasteiger partial charge in [0, 0.05) is 6.04 Å². The van der Waals surface area contributed by atoms with Crippen LogP contribution in [0.1, 0.15) is 44.7 Å². The Morgan fingerprint density at radius 2 is 1.94 bits per heavy atom. The van der Waals surface area contributed by atoms with Crippen LogP contribution < -0.4 is 11.1 Å². The number of rotatable bonds is 2. The zero-order valence-electron chi connectivity index (χ0n) is 11.0. The smallest absolute Gasteiger partial charge is 0.224 e. The van der Waals surface area contributed by atoms with Crippen LogP contribution in [0, 0.1) is 12.8 Å². The van der Waals surface area contributed by atoms with Crippen LogP contribution in [0.25, 0.3) is 0 Å². The molecule has 0 aliphatic heterocycles. The van der Waals surface area contributed by atoms with Gasteiger partial charge in [0.05, 0.1) is 11.4 Å². The van der Waals surface area contributed by atoms with E-state index in [1.54, 1.807) is 0 Å². The van der Waals surface area contributed by atoms with Gasteiger partial charge in [-0.2, -0.15) is 4.98 Å². The lowest BCUT2D eigenvalue weighted by molar-refractivity contribution is 0.456. The van der Waals surface area contributed by atoms with Crippen LogP contribution in [0.2, 0.25) is 5.28 Å². The van der Waals surface area contributed by atoms with Gasteiger partial charge in [-0.15, -0.1) is 0 Å². The highest BCUT2D eigenvalue weighted by atomic mass is 35.5. The van der Waals surface area contributed by atoms with Crippen molar-refractivity contribution in [2.45, 2.75) is 52.0 Å². The van der Waals surface area contributed by atoms with E-state index in [1.165, 1.54) is 32.1 Å². The largest absolute Gasteiger partial charge is 0.394 e. The monoisotopic (exact) mass is 268 g/mol. The second kappa shape index (κ2) is 5.74. The van der Waals surface area contributed by atoms with Gasteiger partial charge >= 0.3 is 0 Å². The molecule has 5 heteroatoms. The minimum absolute atomic E-state index is 0.255. The van der Waals surface area contributed by atoms with Gasteiger partial charge in [0.15, 0.2) is 5.82 Å². The molecule has 2 unspecified atom stereocenters.